The number of rotatable bonds is 3. The molecule has 2 aliphatic heterocycles. The molecule has 0 N–H and O–H groups in total. The lowest BCUT2D eigenvalue weighted by Crippen LogP contribution is -2.34. The van der Waals surface area contributed by atoms with Gasteiger partial charge < -0.3 is 4.57 Å². The third-order valence-corrected chi connectivity index (χ3v) is 7.74. The molecule has 0 fully saturated rings. The van der Waals surface area contributed by atoms with E-state index in [1.54, 1.807) is 0 Å². The van der Waals surface area contributed by atoms with Crippen molar-refractivity contribution in [2.45, 2.75) is 46.2 Å². The third-order valence-electron chi connectivity index (χ3n) is 7.19. The van der Waals surface area contributed by atoms with E-state index in [9.17, 15) is 4.79 Å². The number of amides is 1. The first kappa shape index (κ1) is 22.4. The molecule has 1 atom stereocenters. The van der Waals surface area contributed by atoms with Crippen LogP contribution in [0, 0.1) is 6.92 Å². The summed E-state index contributed by atoms with van der Waals surface area (Å²) in [5.74, 6) is 0.756. The van der Waals surface area contributed by atoms with E-state index in [4.69, 9.17) is 28.2 Å². The van der Waals surface area contributed by atoms with Crippen LogP contribution in [0.15, 0.2) is 54.6 Å². The van der Waals surface area contributed by atoms with Crippen LogP contribution in [0.4, 0.5) is 5.69 Å². The van der Waals surface area contributed by atoms with E-state index in [0.29, 0.717) is 15.7 Å². The smallest absolute Gasteiger partial charge is 0.279 e. The van der Waals surface area contributed by atoms with E-state index in [1.807, 2.05) is 48.2 Å². The standard InChI is InChI=1S/C29H25Cl2N3O/c1-5-17-8-6-7-9-19(17)28-32-24-27(33(28)15(2)3)26-20-12-11-18(30)14-21(20)23-22(31)13-10-16(4)25(23)34(26)29(24)35/h6-15,26H,5H2,1-4H3. The molecule has 6 heteroatoms. The van der Waals surface area contributed by atoms with Crippen molar-refractivity contribution in [2.75, 3.05) is 4.90 Å². The van der Waals surface area contributed by atoms with Gasteiger partial charge in [0.1, 0.15) is 11.9 Å². The van der Waals surface area contributed by atoms with Gasteiger partial charge >= 0.3 is 0 Å². The second kappa shape index (κ2) is 7.97. The first-order valence-electron chi connectivity index (χ1n) is 12.0. The molecule has 1 amide bonds. The summed E-state index contributed by atoms with van der Waals surface area (Å²) in [5, 5.41) is 1.24. The highest BCUT2D eigenvalue weighted by atomic mass is 35.5. The van der Waals surface area contributed by atoms with Gasteiger partial charge in [-0.1, -0.05) is 66.5 Å². The van der Waals surface area contributed by atoms with Crippen molar-refractivity contribution in [3.8, 4) is 22.5 Å². The number of carbonyl (C=O) groups excluding carboxylic acids is 1. The first-order valence-corrected chi connectivity index (χ1v) is 12.7. The van der Waals surface area contributed by atoms with E-state index in [2.05, 4.69) is 43.5 Å². The Morgan fingerprint density at radius 1 is 1.03 bits per heavy atom. The highest BCUT2D eigenvalue weighted by Crippen LogP contribution is 2.55. The topological polar surface area (TPSA) is 38.1 Å². The minimum atomic E-state index is -0.299. The Bertz CT molecular complexity index is 1540. The zero-order valence-corrected chi connectivity index (χ0v) is 21.6. The molecule has 0 saturated heterocycles. The summed E-state index contributed by atoms with van der Waals surface area (Å²) in [6.45, 7) is 8.46. The summed E-state index contributed by atoms with van der Waals surface area (Å²) in [6.07, 6.45) is 0.891. The maximum atomic E-state index is 14.1. The Balaban J connectivity index is 1.69. The Kier molecular flexibility index (Phi) is 5.10. The number of hydrogen-bond acceptors (Lipinski definition) is 2. The summed E-state index contributed by atoms with van der Waals surface area (Å²) in [5.41, 5.74) is 8.39. The van der Waals surface area contributed by atoms with Crippen molar-refractivity contribution in [2.24, 2.45) is 0 Å². The molecule has 1 aromatic heterocycles. The van der Waals surface area contributed by atoms with Gasteiger partial charge in [-0.15, -0.1) is 0 Å². The van der Waals surface area contributed by atoms with Crippen molar-refractivity contribution in [3.05, 3.63) is 92.7 Å². The number of benzene rings is 3. The van der Waals surface area contributed by atoms with Gasteiger partial charge in [-0.25, -0.2) is 4.98 Å². The highest BCUT2D eigenvalue weighted by Gasteiger charge is 2.49. The van der Waals surface area contributed by atoms with Gasteiger partial charge in [0.2, 0.25) is 0 Å². The van der Waals surface area contributed by atoms with E-state index >= 15 is 0 Å². The minimum Gasteiger partial charge on any atom is -0.323 e. The molecular weight excluding hydrogens is 477 g/mol. The zero-order valence-electron chi connectivity index (χ0n) is 20.1. The van der Waals surface area contributed by atoms with Crippen molar-refractivity contribution in [1.29, 1.82) is 0 Å². The first-order chi connectivity index (χ1) is 16.8. The van der Waals surface area contributed by atoms with Crippen LogP contribution < -0.4 is 4.90 Å². The summed E-state index contributed by atoms with van der Waals surface area (Å²) in [4.78, 5) is 21.0. The fraction of sp³-hybridized carbons (Fsp3) is 0.241. The fourth-order valence-electron chi connectivity index (χ4n) is 5.71. The number of carbonyl (C=O) groups is 1. The average Bonchev–Trinajstić information content (AvgIpc) is 3.36. The van der Waals surface area contributed by atoms with E-state index in [0.717, 1.165) is 51.4 Å². The molecule has 4 aromatic rings. The summed E-state index contributed by atoms with van der Waals surface area (Å²) >= 11 is 13.2. The van der Waals surface area contributed by atoms with Crippen LogP contribution in [-0.2, 0) is 6.42 Å². The zero-order chi connectivity index (χ0) is 24.6. The number of hydrogen-bond donors (Lipinski definition) is 0. The van der Waals surface area contributed by atoms with Crippen molar-refractivity contribution in [3.63, 3.8) is 0 Å². The fourth-order valence-corrected chi connectivity index (χ4v) is 6.14. The third kappa shape index (κ3) is 3.06. The molecule has 0 spiro atoms. The van der Waals surface area contributed by atoms with Crippen LogP contribution >= 0.6 is 23.2 Å². The van der Waals surface area contributed by atoms with Gasteiger partial charge in [-0.2, -0.15) is 0 Å². The van der Waals surface area contributed by atoms with Crippen LogP contribution in [0.5, 0.6) is 0 Å². The number of imidazole rings is 1. The molecule has 4 nitrogen and oxygen atoms in total. The maximum Gasteiger partial charge on any atom is 0.279 e. The number of aryl methyl sites for hydroxylation is 2. The van der Waals surface area contributed by atoms with Crippen LogP contribution in [0.2, 0.25) is 10.0 Å². The molecule has 1 unspecified atom stereocenters. The second-order valence-corrected chi connectivity index (χ2v) is 10.4. The largest absolute Gasteiger partial charge is 0.323 e. The molecule has 35 heavy (non-hydrogen) atoms. The number of aromatic nitrogens is 2. The minimum absolute atomic E-state index is 0.0909. The van der Waals surface area contributed by atoms with Crippen LogP contribution in [0.3, 0.4) is 0 Å². The summed E-state index contributed by atoms with van der Waals surface area (Å²) in [7, 11) is 0. The molecule has 0 saturated carbocycles. The summed E-state index contributed by atoms with van der Waals surface area (Å²) in [6, 6.07) is 17.9. The molecule has 3 heterocycles. The van der Waals surface area contributed by atoms with Gasteiger partial charge in [0, 0.05) is 22.2 Å². The molecule has 2 aliphatic rings. The predicted molar refractivity (Wildman–Crippen MR) is 143 cm³/mol. The molecule has 0 bridgehead atoms. The van der Waals surface area contributed by atoms with Gasteiger partial charge in [0.15, 0.2) is 5.69 Å². The molecule has 0 radical (unpaired) electrons. The maximum absolute atomic E-state index is 14.1. The van der Waals surface area contributed by atoms with E-state index in [1.165, 1.54) is 5.56 Å². The van der Waals surface area contributed by atoms with E-state index < -0.39 is 0 Å². The molecule has 3 aromatic carbocycles. The van der Waals surface area contributed by atoms with Crippen LogP contribution in [0.1, 0.15) is 65.7 Å². The predicted octanol–water partition coefficient (Wildman–Crippen LogP) is 8.04. The molecule has 176 valence electrons. The SMILES string of the molecule is CCc1ccccc1-c1nc2c(n1C(C)C)C1c3ccc(Cl)cc3-c3c(Cl)ccc(C)c3N1C2=O. The van der Waals surface area contributed by atoms with Gasteiger partial charge in [-0.3, -0.25) is 9.69 Å². The number of halogens is 2. The molecule has 6 rings (SSSR count). The van der Waals surface area contributed by atoms with Gasteiger partial charge in [-0.05, 0) is 67.6 Å². The lowest BCUT2D eigenvalue weighted by molar-refractivity contribution is 0.0989. The van der Waals surface area contributed by atoms with Crippen LogP contribution in [-0.4, -0.2) is 15.5 Å². The monoisotopic (exact) mass is 501 g/mol. The highest BCUT2D eigenvalue weighted by molar-refractivity contribution is 6.35. The van der Waals surface area contributed by atoms with Crippen molar-refractivity contribution in [1.82, 2.24) is 9.55 Å². The number of fused-ring (bicyclic) bond motifs is 8. The number of anilines is 1. The second-order valence-electron chi connectivity index (χ2n) is 9.54. The van der Waals surface area contributed by atoms with Gasteiger partial charge in [0.25, 0.3) is 5.91 Å². The molecule has 0 aliphatic carbocycles. The molecular formula is C29H25Cl2N3O. The lowest BCUT2D eigenvalue weighted by atomic mass is 9.86. The van der Waals surface area contributed by atoms with E-state index in [-0.39, 0.29) is 18.0 Å². The lowest BCUT2D eigenvalue weighted by Gasteiger charge is -2.37. The number of nitrogens with zero attached hydrogens (tertiary/aromatic N) is 3. The Hall–Kier alpha value is -3.08. The Labute approximate surface area is 215 Å². The quantitative estimate of drug-likeness (QED) is 0.284. The van der Waals surface area contributed by atoms with Crippen molar-refractivity contribution >= 4 is 34.8 Å². The normalized spacial score (nSPS) is 15.8. The average molecular weight is 502 g/mol. The van der Waals surface area contributed by atoms with Crippen molar-refractivity contribution < 1.29 is 4.79 Å². The Morgan fingerprint density at radius 2 is 1.80 bits per heavy atom. The summed E-state index contributed by atoms with van der Waals surface area (Å²) < 4.78 is 2.25. The Morgan fingerprint density at radius 3 is 2.54 bits per heavy atom. The van der Waals surface area contributed by atoms with Crippen LogP contribution in [0.25, 0.3) is 22.5 Å². The van der Waals surface area contributed by atoms with Gasteiger partial charge in [0.05, 0.1) is 16.4 Å².